The molecule has 0 aromatic heterocycles. The Kier molecular flexibility index (Phi) is 7.11. The lowest BCUT2D eigenvalue weighted by Crippen LogP contribution is -2.36. The lowest BCUT2D eigenvalue weighted by Gasteiger charge is -2.29. The van der Waals surface area contributed by atoms with Gasteiger partial charge in [0.25, 0.3) is 5.91 Å². The van der Waals surface area contributed by atoms with Crippen LogP contribution in [0.25, 0.3) is 0 Å². The molecule has 33 heavy (non-hydrogen) atoms. The third kappa shape index (κ3) is 5.80. The van der Waals surface area contributed by atoms with Gasteiger partial charge in [0.15, 0.2) is 9.84 Å². The van der Waals surface area contributed by atoms with Gasteiger partial charge in [0.2, 0.25) is 0 Å². The number of morpholine rings is 1. The normalized spacial score (nSPS) is 15.1. The molecular formula is C26H28N2O4S. The van der Waals surface area contributed by atoms with Crippen molar-refractivity contribution in [2.24, 2.45) is 0 Å². The van der Waals surface area contributed by atoms with Crippen LogP contribution >= 0.6 is 0 Å². The molecular weight excluding hydrogens is 436 g/mol. The van der Waals surface area contributed by atoms with Crippen molar-refractivity contribution in [3.63, 3.8) is 0 Å². The summed E-state index contributed by atoms with van der Waals surface area (Å²) in [5.74, 6) is -0.303. The maximum atomic E-state index is 12.7. The van der Waals surface area contributed by atoms with Crippen molar-refractivity contribution in [3.8, 4) is 0 Å². The highest BCUT2D eigenvalue weighted by Crippen LogP contribution is 2.21. The van der Waals surface area contributed by atoms with E-state index in [1.807, 2.05) is 19.1 Å². The molecule has 1 atom stereocenters. The second-order valence-electron chi connectivity index (χ2n) is 8.16. The Labute approximate surface area is 195 Å². The minimum absolute atomic E-state index is 0.106. The fourth-order valence-corrected chi connectivity index (χ4v) is 5.21. The number of ether oxygens (including phenoxy) is 1. The number of carbonyl (C=O) groups is 1. The lowest BCUT2D eigenvalue weighted by atomic mass is 10.1. The van der Waals surface area contributed by atoms with Crippen molar-refractivity contribution in [1.29, 1.82) is 0 Å². The van der Waals surface area contributed by atoms with Gasteiger partial charge in [-0.1, -0.05) is 42.5 Å². The molecule has 1 heterocycles. The molecule has 0 saturated carbocycles. The van der Waals surface area contributed by atoms with Crippen LogP contribution in [0.1, 0.15) is 34.5 Å². The standard InChI is InChI=1S/C26H28N2O4S/c1-20(22-11-13-24(14-12-22)28-15-17-32-18-16-28)27-26(29)23-9-7-21(8-10-23)19-33(30,31)25-5-3-2-4-6-25/h2-14,20H,15-19H2,1H3,(H,27,29). The molecule has 1 aliphatic rings. The number of benzene rings is 3. The van der Waals surface area contributed by atoms with Gasteiger partial charge in [0.1, 0.15) is 0 Å². The number of amides is 1. The molecule has 172 valence electrons. The minimum Gasteiger partial charge on any atom is -0.378 e. The molecule has 4 rings (SSSR count). The molecule has 0 aliphatic carbocycles. The molecule has 3 aromatic carbocycles. The number of nitrogens with one attached hydrogen (secondary N) is 1. The van der Waals surface area contributed by atoms with Crippen LogP contribution in [0.4, 0.5) is 5.69 Å². The summed E-state index contributed by atoms with van der Waals surface area (Å²) in [6.45, 7) is 5.20. The minimum atomic E-state index is -3.42. The molecule has 1 N–H and O–H groups in total. The zero-order valence-electron chi connectivity index (χ0n) is 18.6. The first-order valence-corrected chi connectivity index (χ1v) is 12.7. The zero-order valence-corrected chi connectivity index (χ0v) is 19.4. The second kappa shape index (κ2) is 10.2. The highest BCUT2D eigenvalue weighted by Gasteiger charge is 2.17. The number of nitrogens with zero attached hydrogens (tertiary/aromatic N) is 1. The quantitative estimate of drug-likeness (QED) is 0.572. The van der Waals surface area contributed by atoms with E-state index in [0.717, 1.165) is 37.6 Å². The van der Waals surface area contributed by atoms with Gasteiger partial charge < -0.3 is 15.0 Å². The monoisotopic (exact) mass is 464 g/mol. The van der Waals surface area contributed by atoms with Gasteiger partial charge in [0.05, 0.1) is 29.9 Å². The smallest absolute Gasteiger partial charge is 0.251 e. The fourth-order valence-electron chi connectivity index (χ4n) is 3.84. The number of hydrogen-bond donors (Lipinski definition) is 1. The topological polar surface area (TPSA) is 75.7 Å². The summed E-state index contributed by atoms with van der Waals surface area (Å²) in [4.78, 5) is 15.3. The van der Waals surface area contributed by atoms with Crippen molar-refractivity contribution in [1.82, 2.24) is 5.32 Å². The second-order valence-corrected chi connectivity index (χ2v) is 10.1. The molecule has 3 aromatic rings. The molecule has 7 heteroatoms. The van der Waals surface area contributed by atoms with E-state index in [2.05, 4.69) is 22.3 Å². The Morgan fingerprint density at radius 2 is 1.58 bits per heavy atom. The van der Waals surface area contributed by atoms with Gasteiger partial charge in [-0.25, -0.2) is 8.42 Å². The predicted octanol–water partition coefficient (Wildman–Crippen LogP) is 3.99. The first-order valence-electron chi connectivity index (χ1n) is 11.0. The molecule has 0 spiro atoms. The van der Waals surface area contributed by atoms with Crippen molar-refractivity contribution in [2.75, 3.05) is 31.2 Å². The number of rotatable bonds is 7. The number of hydrogen-bond acceptors (Lipinski definition) is 5. The number of carbonyl (C=O) groups excluding carboxylic acids is 1. The van der Waals surface area contributed by atoms with Gasteiger partial charge in [-0.3, -0.25) is 4.79 Å². The zero-order chi connectivity index (χ0) is 23.3. The Bertz CT molecular complexity index is 1170. The summed E-state index contributed by atoms with van der Waals surface area (Å²) >= 11 is 0. The molecule has 1 unspecified atom stereocenters. The lowest BCUT2D eigenvalue weighted by molar-refractivity contribution is 0.0940. The molecule has 1 amide bonds. The van der Waals surface area contributed by atoms with Crippen LogP contribution in [0.5, 0.6) is 0 Å². The van der Waals surface area contributed by atoms with Crippen molar-refractivity contribution in [3.05, 3.63) is 95.6 Å². The SMILES string of the molecule is CC(NC(=O)c1ccc(CS(=O)(=O)c2ccccc2)cc1)c1ccc(N2CCOCC2)cc1. The van der Waals surface area contributed by atoms with E-state index >= 15 is 0 Å². The van der Waals surface area contributed by atoms with Gasteiger partial charge in [-0.15, -0.1) is 0 Å². The maximum Gasteiger partial charge on any atom is 0.251 e. The maximum absolute atomic E-state index is 12.7. The Morgan fingerprint density at radius 1 is 0.939 bits per heavy atom. The van der Waals surface area contributed by atoms with Crippen LogP contribution < -0.4 is 10.2 Å². The van der Waals surface area contributed by atoms with E-state index < -0.39 is 9.84 Å². The van der Waals surface area contributed by atoms with E-state index in [1.54, 1.807) is 54.6 Å². The average molecular weight is 465 g/mol. The molecule has 1 saturated heterocycles. The Morgan fingerprint density at radius 3 is 2.21 bits per heavy atom. The highest BCUT2D eigenvalue weighted by atomic mass is 32.2. The summed E-state index contributed by atoms with van der Waals surface area (Å²) in [5.41, 5.74) is 3.31. The third-order valence-electron chi connectivity index (χ3n) is 5.79. The van der Waals surface area contributed by atoms with Gasteiger partial charge in [-0.2, -0.15) is 0 Å². The summed E-state index contributed by atoms with van der Waals surface area (Å²) in [5, 5.41) is 3.01. The number of sulfone groups is 1. The summed E-state index contributed by atoms with van der Waals surface area (Å²) in [6.07, 6.45) is 0. The van der Waals surface area contributed by atoms with Crippen molar-refractivity contribution < 1.29 is 17.9 Å². The van der Waals surface area contributed by atoms with Gasteiger partial charge >= 0.3 is 0 Å². The molecule has 6 nitrogen and oxygen atoms in total. The van der Waals surface area contributed by atoms with Crippen molar-refractivity contribution >= 4 is 21.4 Å². The molecule has 1 aliphatic heterocycles. The number of anilines is 1. The molecule has 0 radical (unpaired) electrons. The predicted molar refractivity (Wildman–Crippen MR) is 129 cm³/mol. The van der Waals surface area contributed by atoms with Crippen LogP contribution in [0.2, 0.25) is 0 Å². The Balaban J connectivity index is 1.36. The summed E-state index contributed by atoms with van der Waals surface area (Å²) in [7, 11) is -3.42. The van der Waals surface area contributed by atoms with Gasteiger partial charge in [0, 0.05) is 24.3 Å². The van der Waals surface area contributed by atoms with Gasteiger partial charge in [-0.05, 0) is 54.4 Å². The van der Waals surface area contributed by atoms with E-state index in [4.69, 9.17) is 4.74 Å². The van der Waals surface area contributed by atoms with E-state index in [9.17, 15) is 13.2 Å². The van der Waals surface area contributed by atoms with Crippen LogP contribution in [-0.4, -0.2) is 40.6 Å². The third-order valence-corrected chi connectivity index (χ3v) is 7.50. The molecule has 0 bridgehead atoms. The average Bonchev–Trinajstić information content (AvgIpc) is 2.85. The first-order chi connectivity index (χ1) is 15.9. The summed E-state index contributed by atoms with van der Waals surface area (Å²) in [6, 6.07) is 23.2. The van der Waals surface area contributed by atoms with Crippen LogP contribution in [0.15, 0.2) is 83.8 Å². The Hall–Kier alpha value is -3.16. The van der Waals surface area contributed by atoms with Crippen molar-refractivity contribution in [2.45, 2.75) is 23.6 Å². The molecule has 1 fully saturated rings. The first kappa shape index (κ1) is 23.0. The highest BCUT2D eigenvalue weighted by molar-refractivity contribution is 7.90. The van der Waals surface area contributed by atoms with Crippen LogP contribution in [-0.2, 0) is 20.3 Å². The van der Waals surface area contributed by atoms with Crippen LogP contribution in [0, 0.1) is 0 Å². The van der Waals surface area contributed by atoms with E-state index in [-0.39, 0.29) is 17.7 Å². The van der Waals surface area contributed by atoms with E-state index in [1.165, 1.54) is 0 Å². The largest absolute Gasteiger partial charge is 0.378 e. The fraction of sp³-hybridized carbons (Fsp3) is 0.269. The van der Waals surface area contributed by atoms with E-state index in [0.29, 0.717) is 16.0 Å². The van der Waals surface area contributed by atoms with Crippen LogP contribution in [0.3, 0.4) is 0 Å². The summed E-state index contributed by atoms with van der Waals surface area (Å²) < 4.78 is 30.5.